The van der Waals surface area contributed by atoms with Crippen LogP contribution in [-0.2, 0) is 9.53 Å². The van der Waals surface area contributed by atoms with E-state index in [1.54, 1.807) is 0 Å². The molecule has 4 nitrogen and oxygen atoms in total. The molecular formula is C24H33NO3. The van der Waals surface area contributed by atoms with Gasteiger partial charge in [-0.3, -0.25) is 4.79 Å². The number of hydrogen-bond donors (Lipinski definition) is 1. The van der Waals surface area contributed by atoms with Gasteiger partial charge in [-0.2, -0.15) is 0 Å². The Balaban J connectivity index is 1.89. The number of fused-ring (bicyclic) bond motifs is 1. The van der Waals surface area contributed by atoms with Crippen molar-refractivity contribution >= 4 is 22.4 Å². The first kappa shape index (κ1) is 20.7. The molecule has 1 aliphatic rings. The highest BCUT2D eigenvalue weighted by atomic mass is 16.5. The van der Waals surface area contributed by atoms with Gasteiger partial charge in [-0.15, -0.1) is 0 Å². The molecule has 0 aromatic heterocycles. The average Bonchev–Trinajstić information content (AvgIpc) is 2.74. The lowest BCUT2D eigenvalue weighted by Gasteiger charge is -2.35. The van der Waals surface area contributed by atoms with Crippen molar-refractivity contribution in [2.75, 3.05) is 11.9 Å². The van der Waals surface area contributed by atoms with Gasteiger partial charge in [0.1, 0.15) is 11.4 Å². The van der Waals surface area contributed by atoms with Crippen LogP contribution >= 0.6 is 0 Å². The molecule has 2 aromatic carbocycles. The van der Waals surface area contributed by atoms with E-state index in [2.05, 4.69) is 26.1 Å². The maximum Gasteiger partial charge on any atom is 0.256 e. The number of rotatable bonds is 8. The normalized spacial score (nSPS) is 17.2. The molecule has 1 saturated carbocycles. The van der Waals surface area contributed by atoms with E-state index in [0.717, 1.165) is 60.7 Å². The van der Waals surface area contributed by atoms with Crippen molar-refractivity contribution in [2.45, 2.75) is 77.4 Å². The second kappa shape index (κ2) is 9.42. The fourth-order valence-electron chi connectivity index (χ4n) is 3.88. The molecule has 1 aliphatic carbocycles. The van der Waals surface area contributed by atoms with E-state index < -0.39 is 5.60 Å². The maximum absolute atomic E-state index is 13.3. The third-order valence-corrected chi connectivity index (χ3v) is 5.69. The van der Waals surface area contributed by atoms with Gasteiger partial charge in [0.2, 0.25) is 0 Å². The quantitative estimate of drug-likeness (QED) is 0.600. The number of ether oxygens (including phenoxy) is 2. The number of nitrogens with one attached hydrogen (secondary N) is 1. The molecule has 0 aliphatic heterocycles. The Kier molecular flexibility index (Phi) is 6.95. The van der Waals surface area contributed by atoms with Crippen LogP contribution in [0.5, 0.6) is 5.75 Å². The number of benzene rings is 2. The van der Waals surface area contributed by atoms with Crippen LogP contribution in [0.15, 0.2) is 36.4 Å². The summed E-state index contributed by atoms with van der Waals surface area (Å²) in [5.41, 5.74) is 0.128. The minimum atomic E-state index is -0.693. The van der Waals surface area contributed by atoms with Crippen LogP contribution in [0, 0.1) is 0 Å². The van der Waals surface area contributed by atoms with Gasteiger partial charge in [0.05, 0.1) is 6.10 Å². The summed E-state index contributed by atoms with van der Waals surface area (Å²) in [5, 5.41) is 5.20. The largest absolute Gasteiger partial charge is 0.490 e. The molecule has 1 N–H and O–H groups in total. The first-order valence-electron chi connectivity index (χ1n) is 10.7. The van der Waals surface area contributed by atoms with Crippen LogP contribution in [0.1, 0.15) is 65.7 Å². The summed E-state index contributed by atoms with van der Waals surface area (Å²) >= 11 is 0. The molecule has 152 valence electrons. The molecule has 0 bridgehead atoms. The molecular weight excluding hydrogens is 350 g/mol. The van der Waals surface area contributed by atoms with E-state index in [1.165, 1.54) is 6.42 Å². The fraction of sp³-hybridized carbons (Fsp3) is 0.542. The zero-order chi connectivity index (χ0) is 20.0. The van der Waals surface area contributed by atoms with E-state index in [9.17, 15) is 4.79 Å². The molecule has 0 unspecified atom stereocenters. The highest BCUT2D eigenvalue weighted by molar-refractivity contribution is 6.06. The Hall–Kier alpha value is -2.07. The lowest BCUT2D eigenvalue weighted by molar-refractivity contribution is -0.146. The van der Waals surface area contributed by atoms with Gasteiger partial charge in [-0.1, -0.05) is 57.4 Å². The number of amides is 1. The minimum absolute atomic E-state index is 0.0126. The second-order valence-electron chi connectivity index (χ2n) is 7.85. The molecule has 1 fully saturated rings. The van der Waals surface area contributed by atoms with Crippen molar-refractivity contribution in [3.63, 3.8) is 0 Å². The zero-order valence-electron chi connectivity index (χ0n) is 17.4. The van der Waals surface area contributed by atoms with Crippen molar-refractivity contribution in [1.29, 1.82) is 0 Å². The number of carbonyl (C=O) groups excluding carboxylic acids is 1. The van der Waals surface area contributed by atoms with E-state index in [-0.39, 0.29) is 12.0 Å². The third kappa shape index (κ3) is 4.49. The van der Waals surface area contributed by atoms with Crippen LogP contribution in [0.2, 0.25) is 0 Å². The summed E-state index contributed by atoms with van der Waals surface area (Å²) in [6, 6.07) is 12.0. The Morgan fingerprint density at radius 3 is 2.46 bits per heavy atom. The molecule has 4 heteroatoms. The molecule has 3 rings (SSSR count). The number of hydrogen-bond acceptors (Lipinski definition) is 3. The minimum Gasteiger partial charge on any atom is -0.490 e. The van der Waals surface area contributed by atoms with Crippen molar-refractivity contribution in [1.82, 2.24) is 0 Å². The van der Waals surface area contributed by atoms with Gasteiger partial charge in [0.15, 0.2) is 0 Å². The Morgan fingerprint density at radius 2 is 1.79 bits per heavy atom. The van der Waals surface area contributed by atoms with Crippen LogP contribution < -0.4 is 10.1 Å². The Bertz CT molecular complexity index is 796. The predicted molar refractivity (Wildman–Crippen MR) is 115 cm³/mol. The maximum atomic E-state index is 13.3. The standard InChI is InChI=1S/C24H33NO3/c1-4-17-27-24(15-9-6-10-16-24)23(26)25-21-13-14-22(28-18(3)5-2)20-12-8-7-11-19(20)21/h7-8,11-14,18H,4-6,9-10,15-17H2,1-3H3,(H,25,26)/t18-/m0/s1. The third-order valence-electron chi connectivity index (χ3n) is 5.69. The molecule has 0 heterocycles. The summed E-state index contributed by atoms with van der Waals surface area (Å²) in [7, 11) is 0. The monoisotopic (exact) mass is 383 g/mol. The van der Waals surface area contributed by atoms with Crippen molar-refractivity contribution in [3.05, 3.63) is 36.4 Å². The van der Waals surface area contributed by atoms with Gasteiger partial charge in [0, 0.05) is 23.1 Å². The first-order valence-corrected chi connectivity index (χ1v) is 10.7. The van der Waals surface area contributed by atoms with Crippen molar-refractivity contribution < 1.29 is 14.3 Å². The molecule has 1 atom stereocenters. The predicted octanol–water partition coefficient (Wildman–Crippen LogP) is 6.09. The highest BCUT2D eigenvalue weighted by Crippen LogP contribution is 2.36. The van der Waals surface area contributed by atoms with E-state index in [1.807, 2.05) is 36.4 Å². The SMILES string of the molecule is CCCOC1(C(=O)Nc2ccc(O[C@@H](C)CC)c3ccccc23)CCCCC1. The summed E-state index contributed by atoms with van der Waals surface area (Å²) in [6.07, 6.45) is 6.87. The number of carbonyl (C=O) groups is 1. The number of anilines is 1. The second-order valence-corrected chi connectivity index (χ2v) is 7.85. The van der Waals surface area contributed by atoms with Crippen LogP contribution in [0.25, 0.3) is 10.8 Å². The van der Waals surface area contributed by atoms with E-state index in [4.69, 9.17) is 9.47 Å². The van der Waals surface area contributed by atoms with Crippen LogP contribution in [0.3, 0.4) is 0 Å². The van der Waals surface area contributed by atoms with Crippen molar-refractivity contribution in [2.24, 2.45) is 0 Å². The van der Waals surface area contributed by atoms with E-state index in [0.29, 0.717) is 6.61 Å². The lowest BCUT2D eigenvalue weighted by Crippen LogP contribution is -2.47. The Labute approximate surface area is 168 Å². The zero-order valence-corrected chi connectivity index (χ0v) is 17.4. The fourth-order valence-corrected chi connectivity index (χ4v) is 3.88. The molecule has 0 saturated heterocycles. The summed E-state index contributed by atoms with van der Waals surface area (Å²) in [6.45, 7) is 6.89. The van der Waals surface area contributed by atoms with Gasteiger partial charge in [-0.25, -0.2) is 0 Å². The van der Waals surface area contributed by atoms with Crippen LogP contribution in [-0.4, -0.2) is 24.2 Å². The summed E-state index contributed by atoms with van der Waals surface area (Å²) in [5.74, 6) is 0.846. The smallest absolute Gasteiger partial charge is 0.256 e. The van der Waals surface area contributed by atoms with Gasteiger partial charge >= 0.3 is 0 Å². The van der Waals surface area contributed by atoms with Crippen molar-refractivity contribution in [3.8, 4) is 5.75 Å². The molecule has 1 amide bonds. The topological polar surface area (TPSA) is 47.6 Å². The average molecular weight is 384 g/mol. The summed E-state index contributed by atoms with van der Waals surface area (Å²) < 4.78 is 12.2. The van der Waals surface area contributed by atoms with Gasteiger partial charge < -0.3 is 14.8 Å². The lowest BCUT2D eigenvalue weighted by atomic mass is 9.83. The molecule has 0 radical (unpaired) electrons. The summed E-state index contributed by atoms with van der Waals surface area (Å²) in [4.78, 5) is 13.3. The van der Waals surface area contributed by atoms with E-state index >= 15 is 0 Å². The Morgan fingerprint density at radius 1 is 1.07 bits per heavy atom. The first-order chi connectivity index (χ1) is 13.6. The molecule has 2 aromatic rings. The van der Waals surface area contributed by atoms with Gasteiger partial charge in [-0.05, 0) is 44.7 Å². The van der Waals surface area contributed by atoms with Crippen LogP contribution in [0.4, 0.5) is 5.69 Å². The highest BCUT2D eigenvalue weighted by Gasteiger charge is 2.40. The molecule has 28 heavy (non-hydrogen) atoms. The van der Waals surface area contributed by atoms with Gasteiger partial charge in [0.25, 0.3) is 5.91 Å². The molecule has 0 spiro atoms.